The molecule has 0 aromatic heterocycles. The lowest BCUT2D eigenvalue weighted by atomic mass is 10.1. The summed E-state index contributed by atoms with van der Waals surface area (Å²) in [5, 5.41) is 13.8. The summed E-state index contributed by atoms with van der Waals surface area (Å²) in [5.41, 5.74) is 2.21. The molecular weight excluding hydrogens is 350 g/mol. The van der Waals surface area contributed by atoms with Crippen LogP contribution in [0.4, 0.5) is 11.4 Å². The Morgan fingerprint density at radius 2 is 1.93 bits per heavy atom. The van der Waals surface area contributed by atoms with E-state index in [9.17, 15) is 19.7 Å². The molecule has 8 nitrogen and oxygen atoms in total. The lowest BCUT2D eigenvalue weighted by Gasteiger charge is -2.17. The summed E-state index contributed by atoms with van der Waals surface area (Å²) in [5.74, 6) is -0.778. The number of carbonyl (C=O) groups is 2. The molecule has 2 aromatic rings. The molecule has 0 unspecified atom stereocenters. The SMILES string of the molecule is COC(=O)c1ccc(C)c(NC(=O)CN(C)Cc2ccccc2[N+](=O)[O-])c1. The van der Waals surface area contributed by atoms with Crippen LogP contribution in [0.2, 0.25) is 0 Å². The number of para-hydroxylation sites is 1. The molecule has 1 amide bonds. The Labute approximate surface area is 156 Å². The highest BCUT2D eigenvalue weighted by Crippen LogP contribution is 2.20. The molecule has 0 spiro atoms. The molecule has 1 N–H and O–H groups in total. The molecule has 0 fully saturated rings. The number of hydrogen-bond donors (Lipinski definition) is 1. The molecule has 2 aromatic carbocycles. The number of ether oxygens (including phenoxy) is 1. The maximum atomic E-state index is 12.3. The molecule has 0 atom stereocenters. The Hall–Kier alpha value is -3.26. The van der Waals surface area contributed by atoms with E-state index in [0.29, 0.717) is 16.8 Å². The average molecular weight is 371 g/mol. The molecule has 2 rings (SSSR count). The predicted octanol–water partition coefficient (Wildman–Crippen LogP) is 2.76. The molecule has 0 aliphatic carbocycles. The number of amides is 1. The van der Waals surface area contributed by atoms with E-state index in [4.69, 9.17) is 0 Å². The third-order valence-electron chi connectivity index (χ3n) is 3.97. The minimum Gasteiger partial charge on any atom is -0.465 e. The average Bonchev–Trinajstić information content (AvgIpc) is 2.62. The summed E-state index contributed by atoms with van der Waals surface area (Å²) in [6.07, 6.45) is 0. The molecular formula is C19H21N3O5. The highest BCUT2D eigenvalue weighted by Gasteiger charge is 2.16. The smallest absolute Gasteiger partial charge is 0.337 e. The number of hydrogen-bond acceptors (Lipinski definition) is 6. The fourth-order valence-electron chi connectivity index (χ4n) is 2.61. The zero-order chi connectivity index (χ0) is 20.0. The second-order valence-electron chi connectivity index (χ2n) is 6.13. The fraction of sp³-hybridized carbons (Fsp3) is 0.263. The van der Waals surface area contributed by atoms with Crippen LogP contribution in [0.5, 0.6) is 0 Å². The first kappa shape index (κ1) is 20.1. The van der Waals surface area contributed by atoms with Crippen LogP contribution in [0.15, 0.2) is 42.5 Å². The fourth-order valence-corrected chi connectivity index (χ4v) is 2.61. The predicted molar refractivity (Wildman–Crippen MR) is 101 cm³/mol. The van der Waals surface area contributed by atoms with Gasteiger partial charge < -0.3 is 10.1 Å². The molecule has 0 saturated carbocycles. The number of likely N-dealkylation sites (N-methyl/N-ethyl adjacent to an activating group) is 1. The normalized spacial score (nSPS) is 10.5. The van der Waals surface area contributed by atoms with Crippen molar-refractivity contribution in [3.05, 3.63) is 69.3 Å². The molecule has 8 heteroatoms. The van der Waals surface area contributed by atoms with Crippen LogP contribution in [0.1, 0.15) is 21.5 Å². The van der Waals surface area contributed by atoms with Gasteiger partial charge in [0.15, 0.2) is 0 Å². The molecule has 0 aliphatic rings. The number of esters is 1. The van der Waals surface area contributed by atoms with Gasteiger partial charge in [0.2, 0.25) is 5.91 Å². The van der Waals surface area contributed by atoms with Crippen LogP contribution in [0, 0.1) is 17.0 Å². The minimum absolute atomic E-state index is 0.0198. The largest absolute Gasteiger partial charge is 0.465 e. The minimum atomic E-state index is -0.487. The Morgan fingerprint density at radius 1 is 1.22 bits per heavy atom. The Bertz CT molecular complexity index is 866. The van der Waals surface area contributed by atoms with Crippen molar-refractivity contribution in [2.45, 2.75) is 13.5 Å². The molecule has 0 saturated heterocycles. The van der Waals surface area contributed by atoms with E-state index in [2.05, 4.69) is 10.1 Å². The van der Waals surface area contributed by atoms with Gasteiger partial charge in [-0.3, -0.25) is 19.8 Å². The van der Waals surface area contributed by atoms with E-state index in [1.54, 1.807) is 48.3 Å². The zero-order valence-electron chi connectivity index (χ0n) is 15.4. The Kier molecular flexibility index (Phi) is 6.62. The topological polar surface area (TPSA) is 102 Å². The van der Waals surface area contributed by atoms with Crippen LogP contribution in [0.25, 0.3) is 0 Å². The second kappa shape index (κ2) is 8.91. The number of benzene rings is 2. The third-order valence-corrected chi connectivity index (χ3v) is 3.97. The Morgan fingerprint density at radius 3 is 2.59 bits per heavy atom. The van der Waals surface area contributed by atoms with Gasteiger partial charge in [0.25, 0.3) is 5.69 Å². The van der Waals surface area contributed by atoms with Crippen molar-refractivity contribution >= 4 is 23.3 Å². The van der Waals surface area contributed by atoms with Gasteiger partial charge in [0, 0.05) is 23.9 Å². The van der Waals surface area contributed by atoms with E-state index >= 15 is 0 Å². The molecule has 142 valence electrons. The zero-order valence-corrected chi connectivity index (χ0v) is 15.4. The van der Waals surface area contributed by atoms with Crippen molar-refractivity contribution in [1.82, 2.24) is 4.90 Å². The lowest BCUT2D eigenvalue weighted by Crippen LogP contribution is -2.30. The monoisotopic (exact) mass is 371 g/mol. The standard InChI is InChI=1S/C19H21N3O5/c1-13-8-9-14(19(24)27-3)10-16(13)20-18(23)12-21(2)11-15-6-4-5-7-17(15)22(25)26/h4-10H,11-12H2,1-3H3,(H,20,23). The molecule has 27 heavy (non-hydrogen) atoms. The van der Waals surface area contributed by atoms with Crippen LogP contribution in [0.3, 0.4) is 0 Å². The summed E-state index contributed by atoms with van der Waals surface area (Å²) in [4.78, 5) is 36.3. The summed E-state index contributed by atoms with van der Waals surface area (Å²) in [6, 6.07) is 11.3. The number of anilines is 1. The third kappa shape index (κ3) is 5.35. The van der Waals surface area contributed by atoms with Gasteiger partial charge in [-0.2, -0.15) is 0 Å². The Balaban J connectivity index is 2.04. The molecule has 0 radical (unpaired) electrons. The van der Waals surface area contributed by atoms with Crippen molar-refractivity contribution in [3.63, 3.8) is 0 Å². The van der Waals surface area contributed by atoms with Crippen LogP contribution < -0.4 is 5.32 Å². The number of nitro benzene ring substituents is 1. The lowest BCUT2D eigenvalue weighted by molar-refractivity contribution is -0.385. The van der Waals surface area contributed by atoms with Gasteiger partial charge in [-0.05, 0) is 31.7 Å². The maximum absolute atomic E-state index is 12.3. The van der Waals surface area contributed by atoms with Gasteiger partial charge in [-0.15, -0.1) is 0 Å². The van der Waals surface area contributed by atoms with Crippen molar-refractivity contribution in [1.29, 1.82) is 0 Å². The van der Waals surface area contributed by atoms with E-state index in [1.807, 2.05) is 6.92 Å². The van der Waals surface area contributed by atoms with E-state index in [1.165, 1.54) is 13.2 Å². The van der Waals surface area contributed by atoms with Crippen LogP contribution >= 0.6 is 0 Å². The number of carbonyl (C=O) groups excluding carboxylic acids is 2. The summed E-state index contributed by atoms with van der Waals surface area (Å²) in [6.45, 7) is 2.10. The van der Waals surface area contributed by atoms with E-state index in [0.717, 1.165) is 5.56 Å². The first-order chi connectivity index (χ1) is 12.8. The second-order valence-corrected chi connectivity index (χ2v) is 6.13. The van der Waals surface area contributed by atoms with E-state index in [-0.39, 0.29) is 24.7 Å². The van der Waals surface area contributed by atoms with Gasteiger partial charge in [0.05, 0.1) is 24.1 Å². The summed E-state index contributed by atoms with van der Waals surface area (Å²) in [7, 11) is 2.99. The van der Waals surface area contributed by atoms with Gasteiger partial charge in [0.1, 0.15) is 0 Å². The molecule has 0 aliphatic heterocycles. The van der Waals surface area contributed by atoms with Crippen molar-refractivity contribution in [2.24, 2.45) is 0 Å². The van der Waals surface area contributed by atoms with E-state index < -0.39 is 10.9 Å². The van der Waals surface area contributed by atoms with Crippen molar-refractivity contribution in [3.8, 4) is 0 Å². The number of nitrogens with one attached hydrogen (secondary N) is 1. The molecule has 0 heterocycles. The summed E-state index contributed by atoms with van der Waals surface area (Å²) < 4.78 is 4.68. The first-order valence-corrected chi connectivity index (χ1v) is 8.21. The summed E-state index contributed by atoms with van der Waals surface area (Å²) >= 11 is 0. The first-order valence-electron chi connectivity index (χ1n) is 8.21. The number of nitrogens with zero attached hydrogens (tertiary/aromatic N) is 2. The van der Waals surface area contributed by atoms with Gasteiger partial charge >= 0.3 is 5.97 Å². The highest BCUT2D eigenvalue weighted by atomic mass is 16.6. The molecule has 0 bridgehead atoms. The van der Waals surface area contributed by atoms with Crippen molar-refractivity contribution < 1.29 is 19.2 Å². The quantitative estimate of drug-likeness (QED) is 0.456. The van der Waals surface area contributed by atoms with Gasteiger partial charge in [-0.25, -0.2) is 4.79 Å². The number of nitro groups is 1. The van der Waals surface area contributed by atoms with Gasteiger partial charge in [-0.1, -0.05) is 24.3 Å². The number of aryl methyl sites for hydroxylation is 1. The number of methoxy groups -OCH3 is 1. The maximum Gasteiger partial charge on any atom is 0.337 e. The number of rotatable bonds is 7. The van der Waals surface area contributed by atoms with Crippen LogP contribution in [-0.2, 0) is 16.1 Å². The van der Waals surface area contributed by atoms with Crippen LogP contribution in [-0.4, -0.2) is 42.4 Å². The highest BCUT2D eigenvalue weighted by molar-refractivity contribution is 5.96. The van der Waals surface area contributed by atoms with Crippen molar-refractivity contribution in [2.75, 3.05) is 26.0 Å².